The minimum absolute atomic E-state index is 0.681. The van der Waals surface area contributed by atoms with Crippen LogP contribution in [0.4, 0.5) is 5.69 Å². The van der Waals surface area contributed by atoms with Gasteiger partial charge in [0.1, 0.15) is 0 Å². The van der Waals surface area contributed by atoms with E-state index in [1.165, 1.54) is 23.9 Å². The minimum atomic E-state index is 0.681. The molecule has 0 unspecified atom stereocenters. The van der Waals surface area contributed by atoms with Gasteiger partial charge in [-0.1, -0.05) is 31.5 Å². The maximum Gasteiger partial charge on any atom is 0.0722 e. The molecule has 0 radical (unpaired) electrons. The van der Waals surface area contributed by atoms with Crippen LogP contribution in [0.1, 0.15) is 19.8 Å². The Bertz CT molecular complexity index is 491. The number of hydrogen-bond acceptors (Lipinski definition) is 3. The zero-order chi connectivity index (χ0) is 12.8. The Morgan fingerprint density at radius 3 is 2.78 bits per heavy atom. The number of pyridine rings is 1. The molecule has 0 amide bonds. The van der Waals surface area contributed by atoms with E-state index in [1.807, 2.05) is 12.3 Å². The third-order valence-electron chi connectivity index (χ3n) is 3.15. The molecule has 0 saturated heterocycles. The van der Waals surface area contributed by atoms with Gasteiger partial charge in [0.05, 0.1) is 5.52 Å². The number of fused-ring (bicyclic) bond motifs is 1. The summed E-state index contributed by atoms with van der Waals surface area (Å²) in [5.74, 6) is 0. The fourth-order valence-electron chi connectivity index (χ4n) is 2.21. The molecule has 0 spiro atoms. The van der Waals surface area contributed by atoms with E-state index in [9.17, 15) is 0 Å². The number of benzene rings is 1. The number of hydrogen-bond donors (Lipinski definition) is 1. The van der Waals surface area contributed by atoms with Crippen molar-refractivity contribution in [3.8, 4) is 0 Å². The lowest BCUT2D eigenvalue weighted by atomic mass is 10.1. The van der Waals surface area contributed by atoms with Crippen LogP contribution in [0.3, 0.4) is 0 Å². The normalized spacial score (nSPS) is 10.8. The highest BCUT2D eigenvalue weighted by molar-refractivity contribution is 5.91. The maximum absolute atomic E-state index is 5.73. The highest BCUT2D eigenvalue weighted by Gasteiger charge is 2.09. The Labute approximate surface area is 109 Å². The van der Waals surface area contributed by atoms with Crippen molar-refractivity contribution >= 4 is 16.6 Å². The molecule has 2 N–H and O–H groups in total. The molecule has 0 aliphatic heterocycles. The number of para-hydroxylation sites is 1. The molecule has 0 fully saturated rings. The molecule has 1 heterocycles. The van der Waals surface area contributed by atoms with Crippen molar-refractivity contribution in [2.75, 3.05) is 24.5 Å². The lowest BCUT2D eigenvalue weighted by Gasteiger charge is -2.25. The van der Waals surface area contributed by atoms with Crippen molar-refractivity contribution in [3.63, 3.8) is 0 Å². The molecule has 96 valence electrons. The second kappa shape index (κ2) is 6.36. The monoisotopic (exact) mass is 243 g/mol. The highest BCUT2D eigenvalue weighted by Crippen LogP contribution is 2.25. The fourth-order valence-corrected chi connectivity index (χ4v) is 2.21. The zero-order valence-electron chi connectivity index (χ0n) is 11.0. The van der Waals surface area contributed by atoms with Gasteiger partial charge in [-0.3, -0.25) is 4.98 Å². The number of rotatable bonds is 6. The Morgan fingerprint density at radius 2 is 2.00 bits per heavy atom. The molecule has 0 atom stereocenters. The standard InChI is InChI=1S/C15H21N3/c1-2-3-11-18(12-9-16)15-8-10-17-14-7-5-4-6-13(14)15/h4-8,10H,2-3,9,11-12,16H2,1H3. The van der Waals surface area contributed by atoms with Gasteiger partial charge in [-0.2, -0.15) is 0 Å². The quantitative estimate of drug-likeness (QED) is 0.848. The van der Waals surface area contributed by atoms with E-state index in [4.69, 9.17) is 5.73 Å². The lowest BCUT2D eigenvalue weighted by molar-refractivity contribution is 0.717. The van der Waals surface area contributed by atoms with Gasteiger partial charge < -0.3 is 10.6 Å². The molecule has 0 aliphatic rings. The first-order valence-electron chi connectivity index (χ1n) is 6.65. The molecule has 2 rings (SSSR count). The molecule has 0 bridgehead atoms. The zero-order valence-corrected chi connectivity index (χ0v) is 11.0. The summed E-state index contributed by atoms with van der Waals surface area (Å²) in [6.45, 7) is 4.85. The number of aromatic nitrogens is 1. The Hall–Kier alpha value is -1.61. The van der Waals surface area contributed by atoms with Crippen LogP contribution in [-0.4, -0.2) is 24.6 Å². The first-order valence-corrected chi connectivity index (χ1v) is 6.65. The van der Waals surface area contributed by atoms with Gasteiger partial charge in [-0.05, 0) is 18.6 Å². The van der Waals surface area contributed by atoms with Crippen molar-refractivity contribution in [2.45, 2.75) is 19.8 Å². The largest absolute Gasteiger partial charge is 0.370 e. The van der Waals surface area contributed by atoms with Gasteiger partial charge in [0.15, 0.2) is 0 Å². The van der Waals surface area contributed by atoms with Gasteiger partial charge in [0.25, 0.3) is 0 Å². The molecule has 0 aliphatic carbocycles. The van der Waals surface area contributed by atoms with Gasteiger partial charge in [-0.25, -0.2) is 0 Å². The summed E-state index contributed by atoms with van der Waals surface area (Å²) in [4.78, 5) is 6.78. The van der Waals surface area contributed by atoms with Crippen molar-refractivity contribution in [1.29, 1.82) is 0 Å². The topological polar surface area (TPSA) is 42.1 Å². The van der Waals surface area contributed by atoms with E-state index in [1.54, 1.807) is 0 Å². The molecule has 3 nitrogen and oxygen atoms in total. The van der Waals surface area contributed by atoms with Crippen molar-refractivity contribution < 1.29 is 0 Å². The summed E-state index contributed by atoms with van der Waals surface area (Å²) in [6, 6.07) is 10.4. The molecule has 1 aromatic heterocycles. The number of nitrogens with zero attached hydrogens (tertiary/aromatic N) is 2. The second-order valence-corrected chi connectivity index (χ2v) is 4.48. The third-order valence-corrected chi connectivity index (χ3v) is 3.15. The van der Waals surface area contributed by atoms with Crippen molar-refractivity contribution in [1.82, 2.24) is 4.98 Å². The average Bonchev–Trinajstić information content (AvgIpc) is 2.43. The Kier molecular flexibility index (Phi) is 4.53. The fraction of sp³-hybridized carbons (Fsp3) is 0.400. The Morgan fingerprint density at radius 1 is 1.17 bits per heavy atom. The van der Waals surface area contributed by atoms with E-state index in [0.29, 0.717) is 6.54 Å². The summed E-state index contributed by atoms with van der Waals surface area (Å²) < 4.78 is 0. The van der Waals surface area contributed by atoms with Crippen molar-refractivity contribution in [3.05, 3.63) is 36.5 Å². The summed E-state index contributed by atoms with van der Waals surface area (Å²) in [5, 5.41) is 1.21. The van der Waals surface area contributed by atoms with Crippen LogP contribution >= 0.6 is 0 Å². The average molecular weight is 243 g/mol. The highest BCUT2D eigenvalue weighted by atomic mass is 15.1. The number of unbranched alkanes of at least 4 members (excludes halogenated alkanes) is 1. The van der Waals surface area contributed by atoms with Crippen LogP contribution in [0.5, 0.6) is 0 Å². The van der Waals surface area contributed by atoms with Gasteiger partial charge in [0.2, 0.25) is 0 Å². The Balaban J connectivity index is 2.36. The molecule has 3 heteroatoms. The predicted octanol–water partition coefficient (Wildman–Crippen LogP) is 2.80. The summed E-state index contributed by atoms with van der Waals surface area (Å²) in [7, 11) is 0. The van der Waals surface area contributed by atoms with E-state index in [-0.39, 0.29) is 0 Å². The minimum Gasteiger partial charge on any atom is -0.370 e. The molecule has 0 saturated carbocycles. The van der Waals surface area contributed by atoms with Crippen LogP contribution in [0.15, 0.2) is 36.5 Å². The lowest BCUT2D eigenvalue weighted by Crippen LogP contribution is -2.30. The maximum atomic E-state index is 5.73. The molecule has 2 aromatic rings. The summed E-state index contributed by atoms with van der Waals surface area (Å²) in [5.41, 5.74) is 8.02. The van der Waals surface area contributed by atoms with Gasteiger partial charge in [-0.15, -0.1) is 0 Å². The molecule has 1 aromatic carbocycles. The van der Waals surface area contributed by atoms with Gasteiger partial charge >= 0.3 is 0 Å². The van der Waals surface area contributed by atoms with Crippen molar-refractivity contribution in [2.24, 2.45) is 5.73 Å². The SMILES string of the molecule is CCCCN(CCN)c1ccnc2ccccc12. The van der Waals surface area contributed by atoms with Crippen LogP contribution in [0, 0.1) is 0 Å². The van der Waals surface area contributed by atoms with E-state index in [0.717, 1.165) is 18.6 Å². The summed E-state index contributed by atoms with van der Waals surface area (Å²) in [6.07, 6.45) is 4.27. The first kappa shape index (κ1) is 12.8. The van der Waals surface area contributed by atoms with E-state index >= 15 is 0 Å². The van der Waals surface area contributed by atoms with E-state index in [2.05, 4.69) is 41.1 Å². The van der Waals surface area contributed by atoms with Gasteiger partial charge in [0, 0.05) is 36.9 Å². The smallest absolute Gasteiger partial charge is 0.0722 e. The van der Waals surface area contributed by atoms with Crippen LogP contribution in [-0.2, 0) is 0 Å². The molecular weight excluding hydrogens is 222 g/mol. The van der Waals surface area contributed by atoms with E-state index < -0.39 is 0 Å². The van der Waals surface area contributed by atoms with Crippen LogP contribution in [0.2, 0.25) is 0 Å². The van der Waals surface area contributed by atoms with Crippen LogP contribution < -0.4 is 10.6 Å². The third kappa shape index (κ3) is 2.79. The first-order chi connectivity index (χ1) is 8.86. The second-order valence-electron chi connectivity index (χ2n) is 4.48. The number of anilines is 1. The number of nitrogens with two attached hydrogens (primary N) is 1. The molecular formula is C15H21N3. The van der Waals surface area contributed by atoms with Crippen LogP contribution in [0.25, 0.3) is 10.9 Å². The predicted molar refractivity (Wildman–Crippen MR) is 77.9 cm³/mol. The summed E-state index contributed by atoms with van der Waals surface area (Å²) >= 11 is 0. The molecule has 18 heavy (non-hydrogen) atoms.